The number of hydrogen-bond donors (Lipinski definition) is 0. The molecule has 0 aliphatic heterocycles. The number of aryl methyl sites for hydroxylation is 3. The number of rotatable bonds is 1. The Morgan fingerprint density at radius 2 is 1.54 bits per heavy atom. The van der Waals surface area contributed by atoms with E-state index in [1.54, 1.807) is 0 Å². The fourth-order valence-corrected chi connectivity index (χ4v) is 4.06. The molecule has 2 heteroatoms. The van der Waals surface area contributed by atoms with Crippen molar-refractivity contribution in [3.8, 4) is 11.3 Å². The molecule has 0 saturated heterocycles. The molecule has 0 saturated carbocycles. The molecular weight excluding hydrogens is 316 g/mol. The summed E-state index contributed by atoms with van der Waals surface area (Å²) in [6, 6.07) is 21.2. The molecular formula is C24H20N2. The molecule has 0 aliphatic rings. The van der Waals surface area contributed by atoms with E-state index in [2.05, 4.69) is 79.8 Å². The summed E-state index contributed by atoms with van der Waals surface area (Å²) >= 11 is 0. The molecule has 0 fully saturated rings. The number of aromatic nitrogens is 2. The number of fused-ring (bicyclic) bond motifs is 6. The Bertz CT molecular complexity index is 1340. The summed E-state index contributed by atoms with van der Waals surface area (Å²) in [5.74, 6) is 0. The highest BCUT2D eigenvalue weighted by Gasteiger charge is 2.16. The third kappa shape index (κ3) is 2.02. The van der Waals surface area contributed by atoms with Crippen LogP contribution in [0.4, 0.5) is 0 Å². The van der Waals surface area contributed by atoms with E-state index in [1.165, 1.54) is 27.5 Å². The van der Waals surface area contributed by atoms with Crippen LogP contribution in [0.15, 0.2) is 66.8 Å². The highest BCUT2D eigenvalue weighted by atomic mass is 15.0. The summed E-state index contributed by atoms with van der Waals surface area (Å²) in [5.41, 5.74) is 7.49. The Labute approximate surface area is 154 Å². The third-order valence-corrected chi connectivity index (χ3v) is 5.27. The normalized spacial score (nSPS) is 12.2. The predicted molar refractivity (Wildman–Crippen MR) is 110 cm³/mol. The van der Waals surface area contributed by atoms with Gasteiger partial charge in [0.15, 0.2) is 0 Å². The number of nitrogens with zero attached hydrogens (tertiary/aromatic N) is 2. The molecule has 2 aromatic heterocycles. The quantitative estimate of drug-likeness (QED) is 0.331. The second-order valence-electron chi connectivity index (χ2n) is 7.06. The van der Waals surface area contributed by atoms with Gasteiger partial charge in [-0.1, -0.05) is 54.1 Å². The maximum atomic E-state index is 8.69. The maximum Gasteiger partial charge on any atom is 0.145 e. The third-order valence-electron chi connectivity index (χ3n) is 5.27. The first kappa shape index (κ1) is 14.1. The van der Waals surface area contributed by atoms with Crippen molar-refractivity contribution in [1.29, 1.82) is 0 Å². The van der Waals surface area contributed by atoms with E-state index in [1.807, 2.05) is 6.07 Å². The fourth-order valence-electron chi connectivity index (χ4n) is 4.06. The molecule has 2 nitrogen and oxygen atoms in total. The van der Waals surface area contributed by atoms with Gasteiger partial charge in [-0.25, -0.2) is 4.98 Å². The summed E-state index contributed by atoms with van der Waals surface area (Å²) in [6.45, 7) is 6.33. The maximum absolute atomic E-state index is 8.69. The Balaban J connectivity index is 2.10. The molecule has 0 unspecified atom stereocenters. The molecule has 5 aromatic rings. The van der Waals surface area contributed by atoms with Crippen LogP contribution in [0, 0.1) is 20.8 Å². The summed E-state index contributed by atoms with van der Waals surface area (Å²) in [5, 5.41) is 3.46. The number of hydrogen-bond acceptors (Lipinski definition) is 1. The van der Waals surface area contributed by atoms with E-state index in [9.17, 15) is 0 Å². The Hall–Kier alpha value is -3.13. The van der Waals surface area contributed by atoms with Gasteiger partial charge < -0.3 is 0 Å². The zero-order chi connectivity index (χ0) is 18.7. The van der Waals surface area contributed by atoms with Crippen molar-refractivity contribution < 1.29 is 1.37 Å². The van der Waals surface area contributed by atoms with E-state index in [0.29, 0.717) is 6.17 Å². The zero-order valence-electron chi connectivity index (χ0n) is 16.2. The summed E-state index contributed by atoms with van der Waals surface area (Å²) in [6.07, 6.45) is 0.325. The molecule has 26 heavy (non-hydrogen) atoms. The zero-order valence-corrected chi connectivity index (χ0v) is 15.2. The smallest absolute Gasteiger partial charge is 0.145 e. The van der Waals surface area contributed by atoms with Gasteiger partial charge in [0.05, 0.1) is 18.8 Å². The lowest BCUT2D eigenvalue weighted by molar-refractivity contribution is 1.24. The lowest BCUT2D eigenvalue weighted by Crippen LogP contribution is -1.96. The summed E-state index contributed by atoms with van der Waals surface area (Å²) in [7, 11) is 0. The molecule has 3 aromatic carbocycles. The van der Waals surface area contributed by atoms with Crippen LogP contribution in [0.1, 0.15) is 18.1 Å². The van der Waals surface area contributed by atoms with Crippen molar-refractivity contribution in [1.82, 2.24) is 9.38 Å². The van der Waals surface area contributed by atoms with E-state index in [0.717, 1.165) is 27.8 Å². The Kier molecular flexibility index (Phi) is 2.94. The van der Waals surface area contributed by atoms with Crippen molar-refractivity contribution in [3.05, 3.63) is 83.5 Å². The number of imidazole rings is 1. The van der Waals surface area contributed by atoms with E-state index < -0.39 is 0 Å². The van der Waals surface area contributed by atoms with Crippen LogP contribution in [0.5, 0.6) is 0 Å². The van der Waals surface area contributed by atoms with Gasteiger partial charge in [0, 0.05) is 16.3 Å². The molecule has 0 aliphatic carbocycles. The standard InChI is InChI=1S/C24H20N2/c1-15-11-12-21-20(13-15)18-9-4-5-10-19(18)24-25-14-22(26(21)24)23-16(2)7-6-8-17(23)3/h4-14H,1-3H3/i14D. The van der Waals surface area contributed by atoms with Gasteiger partial charge in [0.25, 0.3) is 0 Å². The van der Waals surface area contributed by atoms with Crippen LogP contribution in [0.3, 0.4) is 0 Å². The second-order valence-corrected chi connectivity index (χ2v) is 7.06. The minimum absolute atomic E-state index is 0.325. The highest BCUT2D eigenvalue weighted by molar-refractivity contribution is 6.12. The SMILES string of the molecule is [2H]c1nc2c3ccccc3c3cc(C)ccc3n2c1-c1c(C)cccc1C. The number of pyridine rings is 1. The molecule has 2 heterocycles. The molecule has 0 N–H and O–H groups in total. The molecule has 126 valence electrons. The van der Waals surface area contributed by atoms with Crippen molar-refractivity contribution >= 4 is 27.3 Å². The minimum Gasteiger partial charge on any atom is -0.292 e. The molecule has 0 amide bonds. The molecule has 0 atom stereocenters. The van der Waals surface area contributed by atoms with Crippen LogP contribution < -0.4 is 0 Å². The Morgan fingerprint density at radius 3 is 2.31 bits per heavy atom. The molecule has 0 spiro atoms. The first-order valence-corrected chi connectivity index (χ1v) is 8.93. The van der Waals surface area contributed by atoms with Crippen LogP contribution in [-0.4, -0.2) is 9.38 Å². The lowest BCUT2D eigenvalue weighted by Gasteiger charge is -2.14. The van der Waals surface area contributed by atoms with Crippen LogP contribution in [0.25, 0.3) is 38.6 Å². The van der Waals surface area contributed by atoms with Crippen LogP contribution in [0.2, 0.25) is 0 Å². The van der Waals surface area contributed by atoms with Gasteiger partial charge in [-0.05, 0) is 49.4 Å². The molecule has 5 rings (SSSR count). The highest BCUT2D eigenvalue weighted by Crippen LogP contribution is 2.35. The van der Waals surface area contributed by atoms with E-state index >= 15 is 0 Å². The first-order chi connectivity index (χ1) is 13.1. The monoisotopic (exact) mass is 337 g/mol. The van der Waals surface area contributed by atoms with Crippen molar-refractivity contribution in [2.45, 2.75) is 20.8 Å². The Morgan fingerprint density at radius 1 is 0.808 bits per heavy atom. The van der Waals surface area contributed by atoms with Crippen LogP contribution >= 0.6 is 0 Å². The average Bonchev–Trinajstić information content (AvgIpc) is 2.99. The van der Waals surface area contributed by atoms with E-state index in [-0.39, 0.29) is 0 Å². The fraction of sp³-hybridized carbons (Fsp3) is 0.125. The van der Waals surface area contributed by atoms with E-state index in [4.69, 9.17) is 6.35 Å². The van der Waals surface area contributed by atoms with Crippen molar-refractivity contribution in [3.63, 3.8) is 0 Å². The van der Waals surface area contributed by atoms with Gasteiger partial charge in [-0.2, -0.15) is 0 Å². The molecule has 0 radical (unpaired) electrons. The second kappa shape index (κ2) is 5.43. The lowest BCUT2D eigenvalue weighted by atomic mass is 9.99. The largest absolute Gasteiger partial charge is 0.292 e. The average molecular weight is 337 g/mol. The number of benzene rings is 3. The topological polar surface area (TPSA) is 17.3 Å². The summed E-state index contributed by atoms with van der Waals surface area (Å²) in [4.78, 5) is 4.70. The van der Waals surface area contributed by atoms with Gasteiger partial charge in [-0.3, -0.25) is 4.40 Å². The van der Waals surface area contributed by atoms with Gasteiger partial charge in [-0.15, -0.1) is 0 Å². The predicted octanol–water partition coefficient (Wildman–Crippen LogP) is 6.23. The minimum atomic E-state index is 0.325. The van der Waals surface area contributed by atoms with Crippen molar-refractivity contribution in [2.24, 2.45) is 0 Å². The van der Waals surface area contributed by atoms with Gasteiger partial charge >= 0.3 is 0 Å². The van der Waals surface area contributed by atoms with Gasteiger partial charge in [0.1, 0.15) is 5.65 Å². The van der Waals surface area contributed by atoms with Crippen LogP contribution in [-0.2, 0) is 0 Å². The molecule has 0 bridgehead atoms. The van der Waals surface area contributed by atoms with Gasteiger partial charge in [0.2, 0.25) is 0 Å². The van der Waals surface area contributed by atoms with Crippen molar-refractivity contribution in [2.75, 3.05) is 0 Å². The summed E-state index contributed by atoms with van der Waals surface area (Å²) < 4.78 is 10.9. The first-order valence-electron chi connectivity index (χ1n) is 9.43.